The van der Waals surface area contributed by atoms with E-state index >= 15 is 0 Å². The van der Waals surface area contributed by atoms with Crippen molar-refractivity contribution in [3.63, 3.8) is 0 Å². The molecule has 3 nitrogen and oxygen atoms in total. The first-order chi connectivity index (χ1) is 8.15. The van der Waals surface area contributed by atoms with Crippen molar-refractivity contribution in [3.05, 3.63) is 46.8 Å². The van der Waals surface area contributed by atoms with Gasteiger partial charge in [-0.15, -0.1) is 0 Å². The lowest BCUT2D eigenvalue weighted by Crippen LogP contribution is -2.02. The van der Waals surface area contributed by atoms with Gasteiger partial charge >= 0.3 is 0 Å². The van der Waals surface area contributed by atoms with Crippen molar-refractivity contribution < 1.29 is 0 Å². The highest BCUT2D eigenvalue weighted by atomic mass is 79.9. The van der Waals surface area contributed by atoms with Crippen molar-refractivity contribution in [2.75, 3.05) is 0 Å². The first-order valence-corrected chi connectivity index (χ1v) is 6.40. The summed E-state index contributed by atoms with van der Waals surface area (Å²) in [4.78, 5) is 0. The van der Waals surface area contributed by atoms with Crippen LogP contribution in [0.3, 0.4) is 0 Å². The van der Waals surface area contributed by atoms with E-state index < -0.39 is 0 Å². The molecule has 1 heterocycles. The monoisotopic (exact) mass is 289 g/mol. The second kappa shape index (κ2) is 4.72. The summed E-state index contributed by atoms with van der Waals surface area (Å²) < 4.78 is 1.81. The van der Waals surface area contributed by atoms with Crippen molar-refractivity contribution in [2.45, 2.75) is 19.2 Å². The Morgan fingerprint density at radius 1 is 1.35 bits per heavy atom. The van der Waals surface area contributed by atoms with Crippen LogP contribution in [0.2, 0.25) is 0 Å². The van der Waals surface area contributed by atoms with Gasteiger partial charge < -0.3 is 0 Å². The van der Waals surface area contributed by atoms with Crippen LogP contribution < -0.4 is 0 Å². The number of halogens is 1. The molecule has 0 N–H and O–H groups in total. The molecule has 17 heavy (non-hydrogen) atoms. The highest BCUT2D eigenvalue weighted by molar-refractivity contribution is 9.08. The standard InChI is InChI=1S/C13H12BrN3/c1-9-5-10(2)17(16-9)13-4-3-11(7-14)6-12(13)8-15/h3-6H,7H2,1-2H3. The second-order valence-corrected chi connectivity index (χ2v) is 4.50. The number of aryl methyl sites for hydroxylation is 2. The average molecular weight is 290 g/mol. The number of aromatic nitrogens is 2. The van der Waals surface area contributed by atoms with Gasteiger partial charge in [-0.3, -0.25) is 0 Å². The van der Waals surface area contributed by atoms with Gasteiger partial charge in [-0.2, -0.15) is 10.4 Å². The fraction of sp³-hybridized carbons (Fsp3) is 0.231. The van der Waals surface area contributed by atoms with Gasteiger partial charge in [0.1, 0.15) is 6.07 Å². The molecular weight excluding hydrogens is 278 g/mol. The van der Waals surface area contributed by atoms with E-state index in [0.29, 0.717) is 5.56 Å². The molecule has 1 aromatic heterocycles. The zero-order valence-corrected chi connectivity index (χ0v) is 11.3. The Hall–Kier alpha value is -1.60. The number of hydrogen-bond acceptors (Lipinski definition) is 2. The van der Waals surface area contributed by atoms with Crippen LogP contribution in [-0.2, 0) is 5.33 Å². The Morgan fingerprint density at radius 3 is 2.65 bits per heavy atom. The lowest BCUT2D eigenvalue weighted by molar-refractivity contribution is 0.830. The van der Waals surface area contributed by atoms with Crippen LogP contribution in [-0.4, -0.2) is 9.78 Å². The Morgan fingerprint density at radius 2 is 2.12 bits per heavy atom. The van der Waals surface area contributed by atoms with Gasteiger partial charge in [-0.25, -0.2) is 4.68 Å². The third-order valence-corrected chi connectivity index (χ3v) is 3.22. The summed E-state index contributed by atoms with van der Waals surface area (Å²) in [5.41, 5.74) is 4.56. The summed E-state index contributed by atoms with van der Waals surface area (Å²) in [6.45, 7) is 3.93. The number of alkyl halides is 1. The quantitative estimate of drug-likeness (QED) is 0.797. The van der Waals surface area contributed by atoms with Gasteiger partial charge in [0.25, 0.3) is 0 Å². The molecule has 0 bridgehead atoms. The van der Waals surface area contributed by atoms with E-state index in [-0.39, 0.29) is 0 Å². The highest BCUT2D eigenvalue weighted by Crippen LogP contribution is 2.19. The third kappa shape index (κ3) is 2.25. The third-order valence-electron chi connectivity index (χ3n) is 2.57. The van der Waals surface area contributed by atoms with Crippen LogP contribution >= 0.6 is 15.9 Å². The van der Waals surface area contributed by atoms with E-state index in [4.69, 9.17) is 0 Å². The molecule has 0 saturated carbocycles. The molecule has 0 atom stereocenters. The highest BCUT2D eigenvalue weighted by Gasteiger charge is 2.09. The molecule has 0 saturated heterocycles. The largest absolute Gasteiger partial charge is 0.237 e. The summed E-state index contributed by atoms with van der Waals surface area (Å²) in [6.07, 6.45) is 0. The van der Waals surface area contributed by atoms with Gasteiger partial charge in [0.15, 0.2) is 0 Å². The first-order valence-electron chi connectivity index (χ1n) is 5.28. The van der Waals surface area contributed by atoms with Crippen LogP contribution in [0.4, 0.5) is 0 Å². The summed E-state index contributed by atoms with van der Waals surface area (Å²) in [5.74, 6) is 0. The summed E-state index contributed by atoms with van der Waals surface area (Å²) >= 11 is 3.39. The molecule has 0 radical (unpaired) electrons. The van der Waals surface area contributed by atoms with E-state index in [1.54, 1.807) is 0 Å². The van der Waals surface area contributed by atoms with Crippen molar-refractivity contribution in [2.24, 2.45) is 0 Å². The predicted molar refractivity (Wildman–Crippen MR) is 70.4 cm³/mol. The Bertz CT molecular complexity index is 593. The fourth-order valence-corrected chi connectivity index (χ4v) is 2.16. The number of nitriles is 1. The molecule has 2 aromatic rings. The molecule has 1 aromatic carbocycles. The number of benzene rings is 1. The van der Waals surface area contributed by atoms with Gasteiger partial charge in [0, 0.05) is 11.0 Å². The Kier molecular flexibility index (Phi) is 3.30. The van der Waals surface area contributed by atoms with Gasteiger partial charge in [-0.05, 0) is 37.6 Å². The van der Waals surface area contributed by atoms with Crippen LogP contribution in [0.5, 0.6) is 0 Å². The topological polar surface area (TPSA) is 41.6 Å². The van der Waals surface area contributed by atoms with Crippen LogP contribution in [0.15, 0.2) is 24.3 Å². The van der Waals surface area contributed by atoms with Crippen LogP contribution in [0.1, 0.15) is 22.5 Å². The number of hydrogen-bond donors (Lipinski definition) is 0. The fourth-order valence-electron chi connectivity index (χ4n) is 1.81. The minimum Gasteiger partial charge on any atom is -0.237 e. The van der Waals surface area contributed by atoms with Crippen molar-refractivity contribution >= 4 is 15.9 Å². The van der Waals surface area contributed by atoms with E-state index in [2.05, 4.69) is 27.1 Å². The van der Waals surface area contributed by atoms with E-state index in [1.807, 2.05) is 42.8 Å². The Labute approximate surface area is 109 Å². The van der Waals surface area contributed by atoms with Crippen molar-refractivity contribution in [3.8, 4) is 11.8 Å². The second-order valence-electron chi connectivity index (χ2n) is 3.94. The maximum Gasteiger partial charge on any atom is 0.101 e. The molecule has 0 amide bonds. The number of nitrogens with zero attached hydrogens (tertiary/aromatic N) is 3. The molecule has 0 aliphatic heterocycles. The molecule has 0 fully saturated rings. The van der Waals surface area contributed by atoms with Gasteiger partial charge in [0.2, 0.25) is 0 Å². The molecule has 4 heteroatoms. The normalized spacial score (nSPS) is 10.2. The zero-order chi connectivity index (χ0) is 12.4. The maximum atomic E-state index is 9.19. The summed E-state index contributed by atoms with van der Waals surface area (Å²) in [7, 11) is 0. The van der Waals surface area contributed by atoms with Gasteiger partial charge in [-0.1, -0.05) is 22.0 Å². The van der Waals surface area contributed by atoms with Gasteiger partial charge in [0.05, 0.1) is 16.9 Å². The molecule has 0 unspecified atom stereocenters. The maximum absolute atomic E-state index is 9.19. The first kappa shape index (κ1) is 11.9. The lowest BCUT2D eigenvalue weighted by Gasteiger charge is -2.07. The molecule has 2 rings (SSSR count). The molecule has 0 aliphatic carbocycles. The SMILES string of the molecule is Cc1cc(C)n(-c2ccc(CBr)cc2C#N)n1. The van der Waals surface area contributed by atoms with Crippen molar-refractivity contribution in [1.82, 2.24) is 9.78 Å². The molecule has 0 spiro atoms. The average Bonchev–Trinajstić information content (AvgIpc) is 2.67. The summed E-state index contributed by atoms with van der Waals surface area (Å²) in [5, 5.41) is 14.3. The smallest absolute Gasteiger partial charge is 0.101 e. The molecule has 0 aliphatic rings. The van der Waals surface area contributed by atoms with Crippen LogP contribution in [0.25, 0.3) is 5.69 Å². The molecular formula is C13H12BrN3. The minimum absolute atomic E-state index is 0.646. The van der Waals surface area contributed by atoms with Crippen molar-refractivity contribution in [1.29, 1.82) is 5.26 Å². The minimum atomic E-state index is 0.646. The van der Waals surface area contributed by atoms with E-state index in [0.717, 1.165) is 28.0 Å². The number of rotatable bonds is 2. The Balaban J connectivity index is 2.60. The summed E-state index contributed by atoms with van der Waals surface area (Å²) in [6, 6.07) is 10.1. The molecule has 86 valence electrons. The van der Waals surface area contributed by atoms with E-state index in [1.165, 1.54) is 0 Å². The zero-order valence-electron chi connectivity index (χ0n) is 9.74. The van der Waals surface area contributed by atoms with Crippen LogP contribution in [0, 0.1) is 25.2 Å². The predicted octanol–water partition coefficient (Wildman–Crippen LogP) is 3.26. The lowest BCUT2D eigenvalue weighted by atomic mass is 10.1. The van der Waals surface area contributed by atoms with E-state index in [9.17, 15) is 5.26 Å².